The highest BCUT2D eigenvalue weighted by Gasteiger charge is 2.20. The summed E-state index contributed by atoms with van der Waals surface area (Å²) in [6.45, 7) is 15.3. The van der Waals surface area contributed by atoms with Crippen molar-refractivity contribution in [3.8, 4) is 0 Å². The van der Waals surface area contributed by atoms with E-state index in [0.717, 1.165) is 6.42 Å². The van der Waals surface area contributed by atoms with Crippen molar-refractivity contribution in [2.45, 2.75) is 61.1 Å². The Hall–Kier alpha value is -2.04. The predicted molar refractivity (Wildman–Crippen MR) is 119 cm³/mol. The van der Waals surface area contributed by atoms with Crippen molar-refractivity contribution in [1.29, 1.82) is 0 Å². The summed E-state index contributed by atoms with van der Waals surface area (Å²) in [6.07, 6.45) is 2.10. The van der Waals surface area contributed by atoms with E-state index in [1.807, 2.05) is 20.8 Å². The highest BCUT2D eigenvalue weighted by molar-refractivity contribution is 5.84. The lowest BCUT2D eigenvalue weighted by atomic mass is 9.91. The van der Waals surface area contributed by atoms with Gasteiger partial charge in [0.1, 0.15) is 12.3 Å². The van der Waals surface area contributed by atoms with Crippen LogP contribution in [-0.2, 0) is 36.8 Å². The van der Waals surface area contributed by atoms with Crippen LogP contribution in [0, 0.1) is 10.8 Å². The highest BCUT2D eigenvalue weighted by atomic mass is 16.6. The fourth-order valence-corrected chi connectivity index (χ4v) is 2.17. The van der Waals surface area contributed by atoms with E-state index in [1.54, 1.807) is 10.9 Å². The van der Waals surface area contributed by atoms with Crippen LogP contribution in [0.2, 0.25) is 0 Å². The van der Waals surface area contributed by atoms with Crippen LogP contribution in [0.5, 0.6) is 0 Å². The third kappa shape index (κ3) is 14.1. The van der Waals surface area contributed by atoms with Gasteiger partial charge in [0, 0.05) is 5.41 Å². The second-order valence-corrected chi connectivity index (χ2v) is 9.72. The number of alkyl carbamates (subject to hydrolysis) is 1. The molecule has 0 radical (unpaired) electrons. The molecule has 0 spiro atoms. The van der Waals surface area contributed by atoms with Crippen LogP contribution in [0.3, 0.4) is 0 Å². The average Bonchev–Trinajstić information content (AvgIpc) is 3.13. The fourth-order valence-electron chi connectivity index (χ4n) is 2.17. The lowest BCUT2D eigenvalue weighted by Gasteiger charge is -2.17. The minimum Gasteiger partial charge on any atom is -0.450 e. The standard InChI is InChI=1S/C22H40N4O6/c1-21(2,3)7-9-32-20(28)23-15-18-16-26(25-24-18)8-10-29-11-12-30-13-14-31-17-19(27)22(4,5)6/h16H,7-15,17H2,1-6H3,(H,23,28). The van der Waals surface area contributed by atoms with E-state index in [-0.39, 0.29) is 29.8 Å². The third-order valence-corrected chi connectivity index (χ3v) is 4.36. The molecule has 0 saturated carbocycles. The number of ketones is 1. The number of Topliss-reactive ketones (excluding diaryl/α,β-unsaturated/α-hetero) is 1. The van der Waals surface area contributed by atoms with Crippen molar-refractivity contribution in [3.05, 3.63) is 11.9 Å². The molecule has 184 valence electrons. The summed E-state index contributed by atoms with van der Waals surface area (Å²) in [7, 11) is 0. The SMILES string of the molecule is CC(C)(C)CCOC(=O)NCc1cn(CCOCCOCCOCC(=O)C(C)(C)C)nn1. The number of rotatable bonds is 15. The van der Waals surface area contributed by atoms with Gasteiger partial charge in [-0.1, -0.05) is 46.8 Å². The number of hydrogen-bond donors (Lipinski definition) is 1. The van der Waals surface area contributed by atoms with Gasteiger partial charge in [0.05, 0.1) is 58.9 Å². The second kappa shape index (κ2) is 14.2. The molecule has 1 rings (SSSR count). The molecule has 0 unspecified atom stereocenters. The highest BCUT2D eigenvalue weighted by Crippen LogP contribution is 2.17. The van der Waals surface area contributed by atoms with Gasteiger partial charge < -0.3 is 24.3 Å². The van der Waals surface area contributed by atoms with Crippen LogP contribution in [0.25, 0.3) is 0 Å². The summed E-state index contributed by atoms with van der Waals surface area (Å²) in [5.74, 6) is 0.0731. The fraction of sp³-hybridized carbons (Fsp3) is 0.818. The third-order valence-electron chi connectivity index (χ3n) is 4.36. The van der Waals surface area contributed by atoms with Gasteiger partial charge in [-0.15, -0.1) is 5.10 Å². The summed E-state index contributed by atoms with van der Waals surface area (Å²) in [5.41, 5.74) is 0.388. The molecule has 32 heavy (non-hydrogen) atoms. The first-order chi connectivity index (χ1) is 15.0. The molecular formula is C22H40N4O6. The van der Waals surface area contributed by atoms with E-state index in [0.29, 0.717) is 51.9 Å². The summed E-state index contributed by atoms with van der Waals surface area (Å²) in [5, 5.41) is 10.7. The number of amides is 1. The van der Waals surface area contributed by atoms with Gasteiger partial charge in [-0.2, -0.15) is 0 Å². The largest absolute Gasteiger partial charge is 0.450 e. The summed E-state index contributed by atoms with van der Waals surface area (Å²) in [6, 6.07) is 0. The van der Waals surface area contributed by atoms with Gasteiger partial charge in [-0.3, -0.25) is 4.79 Å². The molecule has 0 bridgehead atoms. The van der Waals surface area contributed by atoms with Crippen molar-refractivity contribution in [3.63, 3.8) is 0 Å². The lowest BCUT2D eigenvalue weighted by Crippen LogP contribution is -2.25. The molecule has 0 aromatic carbocycles. The Morgan fingerprint density at radius 3 is 2.19 bits per heavy atom. The van der Waals surface area contributed by atoms with Crippen LogP contribution < -0.4 is 5.32 Å². The molecule has 0 fully saturated rings. The summed E-state index contributed by atoms with van der Waals surface area (Å²) >= 11 is 0. The zero-order valence-electron chi connectivity index (χ0n) is 20.4. The zero-order chi connectivity index (χ0) is 24.0. The van der Waals surface area contributed by atoms with E-state index in [2.05, 4.69) is 36.4 Å². The number of nitrogens with zero attached hydrogens (tertiary/aromatic N) is 3. The van der Waals surface area contributed by atoms with Gasteiger partial charge >= 0.3 is 6.09 Å². The molecule has 0 aliphatic heterocycles. The number of carbonyl (C=O) groups is 2. The van der Waals surface area contributed by atoms with Crippen molar-refractivity contribution < 1.29 is 28.5 Å². The van der Waals surface area contributed by atoms with Crippen LogP contribution >= 0.6 is 0 Å². The Kier molecular flexibility index (Phi) is 12.4. The monoisotopic (exact) mass is 456 g/mol. The lowest BCUT2D eigenvalue weighted by molar-refractivity contribution is -0.131. The smallest absolute Gasteiger partial charge is 0.407 e. The number of carbonyl (C=O) groups excluding carboxylic acids is 2. The number of hydrogen-bond acceptors (Lipinski definition) is 8. The molecular weight excluding hydrogens is 416 g/mol. The molecule has 10 heteroatoms. The summed E-state index contributed by atoms with van der Waals surface area (Å²) < 4.78 is 23.0. The first-order valence-electron chi connectivity index (χ1n) is 11.0. The molecule has 1 aromatic heterocycles. The van der Waals surface area contributed by atoms with Gasteiger partial charge in [0.25, 0.3) is 0 Å². The minimum atomic E-state index is -0.460. The first-order valence-corrected chi connectivity index (χ1v) is 11.0. The number of ether oxygens (including phenoxy) is 4. The second-order valence-electron chi connectivity index (χ2n) is 9.72. The van der Waals surface area contributed by atoms with Gasteiger partial charge in [0.15, 0.2) is 5.78 Å². The molecule has 1 amide bonds. The van der Waals surface area contributed by atoms with Crippen molar-refractivity contribution in [2.24, 2.45) is 10.8 Å². The van der Waals surface area contributed by atoms with Crippen molar-refractivity contribution in [1.82, 2.24) is 20.3 Å². The Labute approximate surface area is 191 Å². The molecule has 1 N–H and O–H groups in total. The van der Waals surface area contributed by atoms with Crippen LogP contribution in [0.1, 0.15) is 53.7 Å². The molecule has 0 atom stereocenters. The zero-order valence-corrected chi connectivity index (χ0v) is 20.4. The molecule has 10 nitrogen and oxygen atoms in total. The number of aromatic nitrogens is 3. The molecule has 1 heterocycles. The summed E-state index contributed by atoms with van der Waals surface area (Å²) in [4.78, 5) is 23.4. The molecule has 1 aromatic rings. The topological polar surface area (TPSA) is 114 Å². The maximum Gasteiger partial charge on any atom is 0.407 e. The number of nitrogens with one attached hydrogen (secondary N) is 1. The Bertz CT molecular complexity index is 679. The quantitative estimate of drug-likeness (QED) is 0.401. The maximum atomic E-state index is 11.7. The van der Waals surface area contributed by atoms with Crippen LogP contribution in [0.15, 0.2) is 6.20 Å². The van der Waals surface area contributed by atoms with Crippen molar-refractivity contribution in [2.75, 3.05) is 46.2 Å². The maximum absolute atomic E-state index is 11.7. The van der Waals surface area contributed by atoms with Gasteiger partial charge in [-0.05, 0) is 11.8 Å². The van der Waals surface area contributed by atoms with Gasteiger partial charge in [0.2, 0.25) is 0 Å². The van der Waals surface area contributed by atoms with E-state index in [1.165, 1.54) is 0 Å². The normalized spacial score (nSPS) is 12.1. The van der Waals surface area contributed by atoms with E-state index in [4.69, 9.17) is 18.9 Å². The Balaban J connectivity index is 2.01. The predicted octanol–water partition coefficient (Wildman–Crippen LogP) is 2.61. The molecule has 0 aliphatic carbocycles. The Morgan fingerprint density at radius 1 is 0.938 bits per heavy atom. The Morgan fingerprint density at radius 2 is 1.56 bits per heavy atom. The van der Waals surface area contributed by atoms with Crippen LogP contribution in [-0.4, -0.2) is 73.1 Å². The molecule has 0 aliphatic rings. The van der Waals surface area contributed by atoms with E-state index >= 15 is 0 Å². The average molecular weight is 457 g/mol. The van der Waals surface area contributed by atoms with E-state index in [9.17, 15) is 9.59 Å². The van der Waals surface area contributed by atoms with Gasteiger partial charge in [-0.25, -0.2) is 9.48 Å². The van der Waals surface area contributed by atoms with E-state index < -0.39 is 6.09 Å². The first kappa shape index (κ1) is 28.0. The minimum absolute atomic E-state index is 0.0731. The van der Waals surface area contributed by atoms with Crippen LogP contribution in [0.4, 0.5) is 4.79 Å². The van der Waals surface area contributed by atoms with Crippen molar-refractivity contribution >= 4 is 11.9 Å². The molecule has 0 saturated heterocycles.